The smallest absolute Gasteiger partial charge is 0.225 e. The molecule has 2 heterocycles. The maximum absolute atomic E-state index is 12.4. The average Bonchev–Trinajstić information content (AvgIpc) is 2.48. The maximum Gasteiger partial charge on any atom is 0.225 e. The number of rotatable bonds is 5. The lowest BCUT2D eigenvalue weighted by molar-refractivity contribution is -0.140. The summed E-state index contributed by atoms with van der Waals surface area (Å²) in [6.07, 6.45) is 5.72. The van der Waals surface area contributed by atoms with Crippen LogP contribution in [0.15, 0.2) is 0 Å². The Morgan fingerprint density at radius 1 is 1.11 bits per heavy atom. The van der Waals surface area contributed by atoms with Gasteiger partial charge in [-0.05, 0) is 25.8 Å². The van der Waals surface area contributed by atoms with Crippen LogP contribution < -0.4 is 0 Å². The van der Waals surface area contributed by atoms with E-state index in [1.807, 2.05) is 0 Å². The van der Waals surface area contributed by atoms with Crippen molar-refractivity contribution in [2.45, 2.75) is 39.0 Å². The number of nitrogens with zero attached hydrogens (tertiary/aromatic N) is 2. The molecule has 2 aliphatic heterocycles. The Morgan fingerprint density at radius 3 is 2.42 bits per heavy atom. The highest BCUT2D eigenvalue weighted by atomic mass is 16.5. The van der Waals surface area contributed by atoms with Gasteiger partial charge in [0.15, 0.2) is 0 Å². The van der Waals surface area contributed by atoms with E-state index in [0.717, 1.165) is 52.2 Å². The van der Waals surface area contributed by atoms with Crippen molar-refractivity contribution in [1.29, 1.82) is 0 Å². The van der Waals surface area contributed by atoms with Crippen molar-refractivity contribution in [3.8, 4) is 0 Å². The van der Waals surface area contributed by atoms with E-state index in [9.17, 15) is 4.79 Å². The van der Waals surface area contributed by atoms with E-state index in [2.05, 4.69) is 16.7 Å². The Kier molecular flexibility index (Phi) is 6.11. The van der Waals surface area contributed by atoms with Crippen molar-refractivity contribution in [2.75, 3.05) is 45.9 Å². The zero-order valence-corrected chi connectivity index (χ0v) is 12.3. The molecule has 0 N–H and O–H groups in total. The molecular formula is C15H28N2O2. The molecule has 0 saturated carbocycles. The summed E-state index contributed by atoms with van der Waals surface area (Å²) in [5.74, 6) is 0.594. The fraction of sp³-hybridized carbons (Fsp3) is 0.933. The van der Waals surface area contributed by atoms with Gasteiger partial charge >= 0.3 is 0 Å². The van der Waals surface area contributed by atoms with E-state index in [1.165, 1.54) is 25.8 Å². The van der Waals surface area contributed by atoms with Gasteiger partial charge in [0.1, 0.15) is 0 Å². The number of ether oxygens (including phenoxy) is 1. The third-order valence-electron chi connectivity index (χ3n) is 4.33. The quantitative estimate of drug-likeness (QED) is 0.712. The molecule has 0 unspecified atom stereocenters. The Hall–Kier alpha value is -0.610. The molecule has 0 radical (unpaired) electrons. The number of piperazine rings is 1. The number of hydrogen-bond acceptors (Lipinski definition) is 3. The largest absolute Gasteiger partial charge is 0.381 e. The first-order valence-electron chi connectivity index (χ1n) is 7.90. The van der Waals surface area contributed by atoms with E-state index in [0.29, 0.717) is 5.91 Å². The van der Waals surface area contributed by atoms with Crippen molar-refractivity contribution in [3.63, 3.8) is 0 Å². The summed E-state index contributed by atoms with van der Waals surface area (Å²) in [5.41, 5.74) is 0. The predicted molar refractivity (Wildman–Crippen MR) is 76.1 cm³/mol. The number of carbonyl (C=O) groups excluding carboxylic acids is 1. The summed E-state index contributed by atoms with van der Waals surface area (Å²) < 4.78 is 5.33. The molecule has 4 nitrogen and oxygen atoms in total. The van der Waals surface area contributed by atoms with E-state index < -0.39 is 0 Å². The first-order valence-corrected chi connectivity index (χ1v) is 7.90. The topological polar surface area (TPSA) is 32.8 Å². The van der Waals surface area contributed by atoms with Gasteiger partial charge in [0.2, 0.25) is 5.91 Å². The summed E-state index contributed by atoms with van der Waals surface area (Å²) in [7, 11) is 0. The molecule has 4 heteroatoms. The second kappa shape index (κ2) is 7.85. The maximum atomic E-state index is 12.4. The van der Waals surface area contributed by atoms with Crippen LogP contribution in [0.4, 0.5) is 0 Å². The zero-order chi connectivity index (χ0) is 13.5. The molecule has 2 rings (SSSR count). The molecule has 1 amide bonds. The normalized spacial score (nSPS) is 22.7. The molecular weight excluding hydrogens is 240 g/mol. The van der Waals surface area contributed by atoms with Crippen LogP contribution in [-0.2, 0) is 9.53 Å². The second-order valence-corrected chi connectivity index (χ2v) is 5.76. The van der Waals surface area contributed by atoms with Crippen molar-refractivity contribution in [3.05, 3.63) is 0 Å². The van der Waals surface area contributed by atoms with Crippen molar-refractivity contribution in [1.82, 2.24) is 9.80 Å². The Balaban J connectivity index is 1.68. The van der Waals surface area contributed by atoms with E-state index >= 15 is 0 Å². The van der Waals surface area contributed by atoms with Gasteiger partial charge in [0.05, 0.1) is 0 Å². The zero-order valence-electron chi connectivity index (χ0n) is 12.3. The van der Waals surface area contributed by atoms with Crippen LogP contribution in [0.5, 0.6) is 0 Å². The third kappa shape index (κ3) is 4.46. The fourth-order valence-corrected chi connectivity index (χ4v) is 2.98. The Bertz CT molecular complexity index is 269. The van der Waals surface area contributed by atoms with Crippen molar-refractivity contribution < 1.29 is 9.53 Å². The number of unbranched alkanes of at least 4 members (excludes halogenated alkanes) is 2. The van der Waals surface area contributed by atoms with Crippen LogP contribution in [0.25, 0.3) is 0 Å². The molecule has 110 valence electrons. The molecule has 0 aliphatic carbocycles. The second-order valence-electron chi connectivity index (χ2n) is 5.76. The Morgan fingerprint density at radius 2 is 1.79 bits per heavy atom. The van der Waals surface area contributed by atoms with Crippen LogP contribution in [0.3, 0.4) is 0 Å². The van der Waals surface area contributed by atoms with Gasteiger partial charge in [0.25, 0.3) is 0 Å². The van der Waals surface area contributed by atoms with Crippen LogP contribution in [0, 0.1) is 5.92 Å². The lowest BCUT2D eigenvalue weighted by Gasteiger charge is -2.37. The highest BCUT2D eigenvalue weighted by molar-refractivity contribution is 5.79. The first kappa shape index (κ1) is 14.8. The molecule has 2 aliphatic rings. The van der Waals surface area contributed by atoms with Crippen LogP contribution in [0.2, 0.25) is 0 Å². The Labute approximate surface area is 117 Å². The van der Waals surface area contributed by atoms with Gasteiger partial charge < -0.3 is 9.64 Å². The fourth-order valence-electron chi connectivity index (χ4n) is 2.98. The highest BCUT2D eigenvalue weighted by Crippen LogP contribution is 2.18. The van der Waals surface area contributed by atoms with Gasteiger partial charge in [-0.3, -0.25) is 9.69 Å². The molecule has 2 saturated heterocycles. The van der Waals surface area contributed by atoms with E-state index in [4.69, 9.17) is 4.74 Å². The van der Waals surface area contributed by atoms with Gasteiger partial charge in [-0.25, -0.2) is 0 Å². The lowest BCUT2D eigenvalue weighted by Crippen LogP contribution is -2.51. The van der Waals surface area contributed by atoms with Crippen LogP contribution in [0.1, 0.15) is 39.0 Å². The van der Waals surface area contributed by atoms with Crippen molar-refractivity contribution in [2.24, 2.45) is 5.92 Å². The summed E-state index contributed by atoms with van der Waals surface area (Å²) in [4.78, 5) is 17.0. The molecule has 0 bridgehead atoms. The van der Waals surface area contributed by atoms with Crippen LogP contribution in [-0.4, -0.2) is 61.6 Å². The molecule has 2 fully saturated rings. The summed E-state index contributed by atoms with van der Waals surface area (Å²) >= 11 is 0. The minimum Gasteiger partial charge on any atom is -0.381 e. The van der Waals surface area contributed by atoms with Gasteiger partial charge in [-0.15, -0.1) is 0 Å². The summed E-state index contributed by atoms with van der Waals surface area (Å²) in [6, 6.07) is 0. The molecule has 0 aromatic heterocycles. The monoisotopic (exact) mass is 268 g/mol. The van der Waals surface area contributed by atoms with Gasteiger partial charge in [-0.1, -0.05) is 19.8 Å². The average molecular weight is 268 g/mol. The predicted octanol–water partition coefficient (Wildman–Crippen LogP) is 1.75. The highest BCUT2D eigenvalue weighted by Gasteiger charge is 2.28. The molecule has 0 spiro atoms. The molecule has 0 atom stereocenters. The molecule has 0 aromatic carbocycles. The minimum absolute atomic E-state index is 0.223. The van der Waals surface area contributed by atoms with Gasteiger partial charge in [0, 0.05) is 45.3 Å². The number of amides is 1. The van der Waals surface area contributed by atoms with E-state index in [1.54, 1.807) is 0 Å². The number of hydrogen-bond donors (Lipinski definition) is 0. The third-order valence-corrected chi connectivity index (χ3v) is 4.33. The standard InChI is InChI=1S/C15H28N2O2/c1-2-3-4-7-16-8-10-17(11-9-16)15(18)14-5-12-19-13-6-14/h14H,2-13H2,1H3. The molecule has 0 aromatic rings. The number of carbonyl (C=O) groups is 1. The SMILES string of the molecule is CCCCCN1CCN(C(=O)C2CCOCC2)CC1. The summed E-state index contributed by atoms with van der Waals surface area (Å²) in [5, 5.41) is 0. The first-order chi connectivity index (χ1) is 9.31. The van der Waals surface area contributed by atoms with Gasteiger partial charge in [-0.2, -0.15) is 0 Å². The van der Waals surface area contributed by atoms with Crippen molar-refractivity contribution >= 4 is 5.91 Å². The molecule has 19 heavy (non-hydrogen) atoms. The summed E-state index contributed by atoms with van der Waals surface area (Å²) in [6.45, 7) is 8.90. The van der Waals surface area contributed by atoms with E-state index in [-0.39, 0.29) is 5.92 Å². The minimum atomic E-state index is 0.223. The van der Waals surface area contributed by atoms with Crippen LogP contribution >= 0.6 is 0 Å². The lowest BCUT2D eigenvalue weighted by atomic mass is 9.98.